The van der Waals surface area contributed by atoms with Crippen LogP contribution in [0.5, 0.6) is 11.5 Å². The summed E-state index contributed by atoms with van der Waals surface area (Å²) in [5, 5.41) is 3.27. The van der Waals surface area contributed by atoms with Gasteiger partial charge in [0, 0.05) is 24.1 Å². The Hall–Kier alpha value is -2.60. The molecular formula is C16H13ClFN3O2. The molecule has 23 heavy (non-hydrogen) atoms. The highest BCUT2D eigenvalue weighted by atomic mass is 35.5. The summed E-state index contributed by atoms with van der Waals surface area (Å²) in [7, 11) is 0. The summed E-state index contributed by atoms with van der Waals surface area (Å²) in [6.45, 7) is 1.91. The lowest BCUT2D eigenvalue weighted by Gasteiger charge is -2.10. The van der Waals surface area contributed by atoms with E-state index in [9.17, 15) is 9.18 Å². The molecule has 2 heterocycles. The highest BCUT2D eigenvalue weighted by Gasteiger charge is 2.12. The molecule has 0 radical (unpaired) electrons. The van der Waals surface area contributed by atoms with E-state index in [1.54, 1.807) is 18.3 Å². The Morgan fingerprint density at radius 1 is 1.39 bits per heavy atom. The number of pyridine rings is 1. The number of aromatic nitrogens is 2. The molecule has 5 nitrogen and oxygen atoms in total. The first-order valence-corrected chi connectivity index (χ1v) is 7.38. The predicted octanol–water partition coefficient (Wildman–Crippen LogP) is 3.98. The van der Waals surface area contributed by atoms with Crippen LogP contribution in [0.2, 0.25) is 0 Å². The van der Waals surface area contributed by atoms with E-state index in [2.05, 4.69) is 15.3 Å². The number of ether oxygens (including phenoxy) is 1. The molecule has 0 saturated carbocycles. The number of amides is 1. The van der Waals surface area contributed by atoms with Gasteiger partial charge in [0.15, 0.2) is 11.6 Å². The van der Waals surface area contributed by atoms with E-state index in [0.717, 1.165) is 10.9 Å². The van der Waals surface area contributed by atoms with Crippen molar-refractivity contribution in [2.24, 2.45) is 0 Å². The number of anilines is 1. The minimum atomic E-state index is -0.587. The number of hydrogen-bond acceptors (Lipinski definition) is 3. The average molecular weight is 334 g/mol. The summed E-state index contributed by atoms with van der Waals surface area (Å²) in [5.74, 6) is -0.622. The Balaban J connectivity index is 1.90. The van der Waals surface area contributed by atoms with Gasteiger partial charge in [0.05, 0.1) is 5.39 Å². The largest absolute Gasteiger partial charge is 0.453 e. The van der Waals surface area contributed by atoms with Crippen LogP contribution in [0.3, 0.4) is 0 Å². The van der Waals surface area contributed by atoms with E-state index >= 15 is 0 Å². The van der Waals surface area contributed by atoms with Crippen molar-refractivity contribution in [3.63, 3.8) is 0 Å². The van der Waals surface area contributed by atoms with Crippen molar-refractivity contribution in [2.75, 3.05) is 11.2 Å². The Labute approximate surface area is 136 Å². The number of carbonyl (C=O) groups is 1. The van der Waals surface area contributed by atoms with Gasteiger partial charge in [-0.25, -0.2) is 9.37 Å². The normalized spacial score (nSPS) is 10.7. The van der Waals surface area contributed by atoms with Gasteiger partial charge in [-0.2, -0.15) is 0 Å². The summed E-state index contributed by atoms with van der Waals surface area (Å²) in [6.07, 6.45) is 3.40. The molecule has 2 N–H and O–H groups in total. The molecule has 0 aliphatic rings. The molecule has 1 amide bonds. The molecule has 2 aromatic heterocycles. The number of fused-ring (bicyclic) bond motifs is 1. The standard InChI is InChI=1S/C16H13ClFN3O2/c1-9-8-20-16-15(9)13(4-5-19-16)23-12-3-2-10(6-11(12)18)21-14(22)7-17/h2-6,8H,7H2,1H3,(H,19,20)(H,21,22). The van der Waals surface area contributed by atoms with Crippen LogP contribution < -0.4 is 10.1 Å². The number of nitrogens with one attached hydrogen (secondary N) is 2. The van der Waals surface area contributed by atoms with Crippen molar-refractivity contribution >= 4 is 34.2 Å². The third-order valence-corrected chi connectivity index (χ3v) is 3.53. The summed E-state index contributed by atoms with van der Waals surface area (Å²) >= 11 is 5.40. The van der Waals surface area contributed by atoms with Crippen LogP contribution in [-0.4, -0.2) is 21.8 Å². The smallest absolute Gasteiger partial charge is 0.239 e. The maximum absolute atomic E-state index is 14.2. The number of benzene rings is 1. The van der Waals surface area contributed by atoms with Crippen LogP contribution in [0, 0.1) is 12.7 Å². The van der Waals surface area contributed by atoms with E-state index in [1.807, 2.05) is 13.1 Å². The number of nitrogens with zero attached hydrogens (tertiary/aromatic N) is 1. The molecule has 118 valence electrons. The van der Waals surface area contributed by atoms with Crippen molar-refractivity contribution in [3.05, 3.63) is 48.0 Å². The topological polar surface area (TPSA) is 67.0 Å². The zero-order valence-corrected chi connectivity index (χ0v) is 12.9. The van der Waals surface area contributed by atoms with Gasteiger partial charge < -0.3 is 15.0 Å². The number of aromatic amines is 1. The quantitative estimate of drug-likeness (QED) is 0.710. The number of halogens is 2. The minimum Gasteiger partial charge on any atom is -0.453 e. The van der Waals surface area contributed by atoms with E-state index < -0.39 is 11.7 Å². The van der Waals surface area contributed by atoms with Crippen molar-refractivity contribution in [1.29, 1.82) is 0 Å². The third kappa shape index (κ3) is 3.12. The van der Waals surface area contributed by atoms with Crippen LogP contribution in [-0.2, 0) is 4.79 Å². The number of H-pyrrole nitrogens is 1. The van der Waals surface area contributed by atoms with Gasteiger partial charge in [0.1, 0.15) is 17.3 Å². The summed E-state index contributed by atoms with van der Waals surface area (Å²) in [6, 6.07) is 5.85. The molecule has 0 unspecified atom stereocenters. The predicted molar refractivity (Wildman–Crippen MR) is 86.7 cm³/mol. The van der Waals surface area contributed by atoms with Crippen LogP contribution in [0.1, 0.15) is 5.56 Å². The highest BCUT2D eigenvalue weighted by Crippen LogP contribution is 2.32. The molecule has 0 bridgehead atoms. The molecule has 0 fully saturated rings. The van der Waals surface area contributed by atoms with Crippen LogP contribution >= 0.6 is 11.6 Å². The molecule has 7 heteroatoms. The molecular weight excluding hydrogens is 321 g/mol. The fourth-order valence-corrected chi connectivity index (χ4v) is 2.31. The molecule has 0 spiro atoms. The van der Waals surface area contributed by atoms with Crippen LogP contribution in [0.25, 0.3) is 11.0 Å². The monoisotopic (exact) mass is 333 g/mol. The first kappa shape index (κ1) is 15.3. The summed E-state index contributed by atoms with van der Waals surface area (Å²) < 4.78 is 19.9. The van der Waals surface area contributed by atoms with Gasteiger partial charge in [-0.3, -0.25) is 4.79 Å². The third-order valence-electron chi connectivity index (χ3n) is 3.29. The number of rotatable bonds is 4. The molecule has 0 atom stereocenters. The molecule has 3 aromatic rings. The molecule has 3 rings (SSSR count). The van der Waals surface area contributed by atoms with Crippen molar-refractivity contribution in [2.45, 2.75) is 6.92 Å². The van der Waals surface area contributed by atoms with Gasteiger partial charge in [-0.15, -0.1) is 11.6 Å². The van der Waals surface area contributed by atoms with Crippen molar-refractivity contribution < 1.29 is 13.9 Å². The Morgan fingerprint density at radius 2 is 2.22 bits per heavy atom. The lowest BCUT2D eigenvalue weighted by molar-refractivity contribution is -0.113. The fourth-order valence-electron chi connectivity index (χ4n) is 2.24. The van der Waals surface area contributed by atoms with E-state index in [-0.39, 0.29) is 11.6 Å². The first-order valence-electron chi connectivity index (χ1n) is 6.84. The lowest BCUT2D eigenvalue weighted by Crippen LogP contribution is -2.12. The van der Waals surface area contributed by atoms with E-state index in [4.69, 9.17) is 16.3 Å². The zero-order chi connectivity index (χ0) is 16.4. The van der Waals surface area contributed by atoms with Gasteiger partial charge >= 0.3 is 0 Å². The van der Waals surface area contributed by atoms with Gasteiger partial charge in [0.25, 0.3) is 0 Å². The molecule has 1 aromatic carbocycles. The highest BCUT2D eigenvalue weighted by molar-refractivity contribution is 6.29. The van der Waals surface area contributed by atoms with Gasteiger partial charge in [-0.1, -0.05) is 0 Å². The second kappa shape index (κ2) is 6.26. The average Bonchev–Trinajstić information content (AvgIpc) is 2.92. The number of alkyl halides is 1. The number of aryl methyl sites for hydroxylation is 1. The number of hydrogen-bond donors (Lipinski definition) is 2. The van der Waals surface area contributed by atoms with Crippen molar-refractivity contribution in [1.82, 2.24) is 9.97 Å². The van der Waals surface area contributed by atoms with Crippen molar-refractivity contribution in [3.8, 4) is 11.5 Å². The Bertz CT molecular complexity index is 879. The SMILES string of the molecule is Cc1c[nH]c2nccc(Oc3ccc(NC(=O)CCl)cc3F)c12. The Morgan fingerprint density at radius 3 is 2.96 bits per heavy atom. The molecule has 0 aliphatic carbocycles. The van der Waals surface area contributed by atoms with Gasteiger partial charge in [-0.05, 0) is 30.7 Å². The molecule has 0 saturated heterocycles. The van der Waals surface area contributed by atoms with Crippen LogP contribution in [0.15, 0.2) is 36.7 Å². The van der Waals surface area contributed by atoms with E-state index in [0.29, 0.717) is 17.1 Å². The maximum Gasteiger partial charge on any atom is 0.239 e. The second-order valence-electron chi connectivity index (χ2n) is 4.93. The fraction of sp³-hybridized carbons (Fsp3) is 0.125. The molecule has 0 aliphatic heterocycles. The summed E-state index contributed by atoms with van der Waals surface area (Å²) in [5.41, 5.74) is 1.94. The lowest BCUT2D eigenvalue weighted by atomic mass is 10.2. The van der Waals surface area contributed by atoms with E-state index in [1.165, 1.54) is 12.1 Å². The minimum absolute atomic E-state index is 0.0574. The zero-order valence-electron chi connectivity index (χ0n) is 12.2. The second-order valence-corrected chi connectivity index (χ2v) is 5.20. The first-order chi connectivity index (χ1) is 11.1. The maximum atomic E-state index is 14.2. The summed E-state index contributed by atoms with van der Waals surface area (Å²) in [4.78, 5) is 18.4. The van der Waals surface area contributed by atoms with Crippen LogP contribution in [0.4, 0.5) is 10.1 Å². The Kier molecular flexibility index (Phi) is 4.16. The number of carbonyl (C=O) groups excluding carboxylic acids is 1. The van der Waals surface area contributed by atoms with Gasteiger partial charge in [0.2, 0.25) is 5.91 Å².